The van der Waals surface area contributed by atoms with Crippen LogP contribution in [0.1, 0.15) is 33.6 Å². The molecule has 0 amide bonds. The van der Waals surface area contributed by atoms with Gasteiger partial charge in [0.25, 0.3) is 0 Å². The Morgan fingerprint density at radius 2 is 2.15 bits per heavy atom. The average Bonchev–Trinajstić information content (AvgIpc) is 2.64. The van der Waals surface area contributed by atoms with Gasteiger partial charge in [-0.2, -0.15) is 0 Å². The fourth-order valence-electron chi connectivity index (χ4n) is 1.30. The van der Waals surface area contributed by atoms with E-state index in [-0.39, 0.29) is 17.8 Å². The largest absolute Gasteiger partial charge is 0.460 e. The Morgan fingerprint density at radius 1 is 1.54 bits per heavy atom. The Balaban J connectivity index is 2.31. The first-order chi connectivity index (χ1) is 5.94. The number of carbonyl (C=O) groups is 2. The number of ether oxygens (including phenoxy) is 1. The molecule has 13 heavy (non-hydrogen) atoms. The standard InChI is InChI=1S/C10H16O3/c1-10(2,3)13-9(12)8-6-7(8)4-5-11/h5,7-8H,4,6H2,1-3H3/t7-,8-/m0/s1. The Morgan fingerprint density at radius 3 is 2.62 bits per heavy atom. The van der Waals surface area contributed by atoms with E-state index in [1.165, 1.54) is 0 Å². The molecule has 1 aliphatic carbocycles. The number of carbonyl (C=O) groups excluding carboxylic acids is 2. The SMILES string of the molecule is CC(C)(C)OC(=O)[C@H]1C[C@@H]1CC=O. The van der Waals surface area contributed by atoms with Crippen LogP contribution in [0.5, 0.6) is 0 Å². The van der Waals surface area contributed by atoms with Crippen LogP contribution in [0.15, 0.2) is 0 Å². The topological polar surface area (TPSA) is 43.4 Å². The quantitative estimate of drug-likeness (QED) is 0.493. The summed E-state index contributed by atoms with van der Waals surface area (Å²) in [5.41, 5.74) is -0.411. The lowest BCUT2D eigenvalue weighted by molar-refractivity contribution is -0.156. The molecule has 0 N–H and O–H groups in total. The van der Waals surface area contributed by atoms with Gasteiger partial charge < -0.3 is 9.53 Å². The van der Waals surface area contributed by atoms with Crippen LogP contribution >= 0.6 is 0 Å². The molecule has 0 aromatic carbocycles. The van der Waals surface area contributed by atoms with E-state index >= 15 is 0 Å². The van der Waals surface area contributed by atoms with Gasteiger partial charge in [-0.25, -0.2) is 0 Å². The molecule has 1 saturated carbocycles. The number of esters is 1. The van der Waals surface area contributed by atoms with Crippen LogP contribution in [0.25, 0.3) is 0 Å². The minimum absolute atomic E-state index is 0.0237. The van der Waals surface area contributed by atoms with Gasteiger partial charge in [-0.15, -0.1) is 0 Å². The highest BCUT2D eigenvalue weighted by Crippen LogP contribution is 2.42. The third-order valence-electron chi connectivity index (χ3n) is 2.03. The van der Waals surface area contributed by atoms with Gasteiger partial charge in [-0.3, -0.25) is 4.79 Å². The van der Waals surface area contributed by atoms with E-state index in [4.69, 9.17) is 4.74 Å². The van der Waals surface area contributed by atoms with Crippen LogP contribution in [-0.4, -0.2) is 17.9 Å². The maximum Gasteiger partial charge on any atom is 0.309 e. The molecule has 0 spiro atoms. The van der Waals surface area contributed by atoms with Crippen molar-refractivity contribution in [3.63, 3.8) is 0 Å². The van der Waals surface area contributed by atoms with Crippen molar-refractivity contribution >= 4 is 12.3 Å². The zero-order chi connectivity index (χ0) is 10.1. The number of hydrogen-bond acceptors (Lipinski definition) is 3. The molecule has 1 aliphatic rings. The third kappa shape index (κ3) is 3.17. The Kier molecular flexibility index (Phi) is 2.74. The molecule has 74 valence electrons. The highest BCUT2D eigenvalue weighted by atomic mass is 16.6. The summed E-state index contributed by atoms with van der Waals surface area (Å²) in [6.45, 7) is 5.55. The second kappa shape index (κ2) is 3.48. The summed E-state index contributed by atoms with van der Waals surface area (Å²) in [4.78, 5) is 21.5. The predicted octanol–water partition coefficient (Wildman–Crippen LogP) is 1.55. The van der Waals surface area contributed by atoms with E-state index < -0.39 is 5.60 Å². The molecule has 0 aromatic heterocycles. The first kappa shape index (κ1) is 10.2. The second-order valence-corrected chi connectivity index (χ2v) is 4.54. The summed E-state index contributed by atoms with van der Waals surface area (Å²) in [6, 6.07) is 0. The summed E-state index contributed by atoms with van der Waals surface area (Å²) in [7, 11) is 0. The van der Waals surface area contributed by atoms with Crippen molar-refractivity contribution in [3.05, 3.63) is 0 Å². The first-order valence-electron chi connectivity index (χ1n) is 4.60. The van der Waals surface area contributed by atoms with Crippen LogP contribution in [0.3, 0.4) is 0 Å². The fourth-order valence-corrected chi connectivity index (χ4v) is 1.30. The second-order valence-electron chi connectivity index (χ2n) is 4.54. The van der Waals surface area contributed by atoms with Crippen molar-refractivity contribution in [2.24, 2.45) is 11.8 Å². The van der Waals surface area contributed by atoms with Crippen molar-refractivity contribution in [3.8, 4) is 0 Å². The molecule has 0 radical (unpaired) electrons. The summed E-state index contributed by atoms with van der Waals surface area (Å²) in [5, 5.41) is 0. The molecule has 0 aromatic rings. The molecular formula is C10H16O3. The summed E-state index contributed by atoms with van der Waals surface area (Å²) >= 11 is 0. The van der Waals surface area contributed by atoms with Gasteiger partial charge in [0.05, 0.1) is 5.92 Å². The van der Waals surface area contributed by atoms with Crippen molar-refractivity contribution in [1.82, 2.24) is 0 Å². The number of rotatable bonds is 3. The minimum Gasteiger partial charge on any atom is -0.460 e. The van der Waals surface area contributed by atoms with E-state index in [1.807, 2.05) is 20.8 Å². The summed E-state index contributed by atoms with van der Waals surface area (Å²) in [6.07, 6.45) is 2.17. The maximum absolute atomic E-state index is 11.4. The van der Waals surface area contributed by atoms with Gasteiger partial charge in [0, 0.05) is 6.42 Å². The maximum atomic E-state index is 11.4. The lowest BCUT2D eigenvalue weighted by Crippen LogP contribution is -2.25. The van der Waals surface area contributed by atoms with E-state index in [0.29, 0.717) is 6.42 Å². The third-order valence-corrected chi connectivity index (χ3v) is 2.03. The number of aldehydes is 1. The van der Waals surface area contributed by atoms with Crippen LogP contribution in [0.2, 0.25) is 0 Å². The van der Waals surface area contributed by atoms with Gasteiger partial charge >= 0.3 is 5.97 Å². The lowest BCUT2D eigenvalue weighted by atomic mass is 10.2. The Labute approximate surface area is 78.5 Å². The van der Waals surface area contributed by atoms with Crippen LogP contribution < -0.4 is 0 Å². The van der Waals surface area contributed by atoms with Crippen LogP contribution in [0.4, 0.5) is 0 Å². The summed E-state index contributed by atoms with van der Waals surface area (Å²) < 4.78 is 5.18. The van der Waals surface area contributed by atoms with Crippen LogP contribution in [0, 0.1) is 11.8 Å². The van der Waals surface area contributed by atoms with Gasteiger partial charge in [0.15, 0.2) is 0 Å². The molecule has 1 rings (SSSR count). The summed E-state index contributed by atoms with van der Waals surface area (Å²) in [5.74, 6) is 0.0659. The Hall–Kier alpha value is -0.860. The van der Waals surface area contributed by atoms with Gasteiger partial charge in [0.1, 0.15) is 11.9 Å². The molecule has 3 nitrogen and oxygen atoms in total. The van der Waals surface area contributed by atoms with Crippen molar-refractivity contribution < 1.29 is 14.3 Å². The van der Waals surface area contributed by atoms with Gasteiger partial charge in [-0.05, 0) is 33.1 Å². The monoisotopic (exact) mass is 184 g/mol. The normalized spacial score (nSPS) is 26.7. The molecule has 0 unspecified atom stereocenters. The molecule has 0 heterocycles. The van der Waals surface area contributed by atoms with Crippen LogP contribution in [-0.2, 0) is 14.3 Å². The zero-order valence-electron chi connectivity index (χ0n) is 8.37. The fraction of sp³-hybridized carbons (Fsp3) is 0.800. The Bertz CT molecular complexity index is 215. The van der Waals surface area contributed by atoms with Crippen molar-refractivity contribution in [2.45, 2.75) is 39.2 Å². The molecule has 2 atom stereocenters. The van der Waals surface area contributed by atoms with Gasteiger partial charge in [-0.1, -0.05) is 0 Å². The molecule has 1 fully saturated rings. The highest BCUT2D eigenvalue weighted by molar-refractivity contribution is 5.76. The van der Waals surface area contributed by atoms with Crippen molar-refractivity contribution in [1.29, 1.82) is 0 Å². The predicted molar refractivity (Wildman–Crippen MR) is 48.1 cm³/mol. The number of hydrogen-bond donors (Lipinski definition) is 0. The smallest absolute Gasteiger partial charge is 0.309 e. The van der Waals surface area contributed by atoms with E-state index in [0.717, 1.165) is 12.7 Å². The molecule has 3 heteroatoms. The molecule has 0 saturated heterocycles. The van der Waals surface area contributed by atoms with E-state index in [1.54, 1.807) is 0 Å². The molecule has 0 aliphatic heterocycles. The minimum atomic E-state index is -0.411. The lowest BCUT2D eigenvalue weighted by Gasteiger charge is -2.19. The highest BCUT2D eigenvalue weighted by Gasteiger charge is 2.44. The van der Waals surface area contributed by atoms with Gasteiger partial charge in [0.2, 0.25) is 0 Å². The molecular weight excluding hydrogens is 168 g/mol. The van der Waals surface area contributed by atoms with E-state index in [2.05, 4.69) is 0 Å². The van der Waals surface area contributed by atoms with Crippen molar-refractivity contribution in [2.75, 3.05) is 0 Å². The first-order valence-corrected chi connectivity index (χ1v) is 4.60. The van der Waals surface area contributed by atoms with E-state index in [9.17, 15) is 9.59 Å². The average molecular weight is 184 g/mol. The zero-order valence-corrected chi connectivity index (χ0v) is 8.37. The molecule has 0 bridgehead atoms.